The van der Waals surface area contributed by atoms with Gasteiger partial charge in [0.15, 0.2) is 0 Å². The normalized spacial score (nSPS) is 11.1. The monoisotopic (exact) mass is 379 g/mol. The maximum atomic E-state index is 6.59. The lowest BCUT2D eigenvalue weighted by atomic mass is 10.1. The lowest BCUT2D eigenvalue weighted by Crippen LogP contribution is -2.02. The fourth-order valence-electron chi connectivity index (χ4n) is 2.91. The van der Waals surface area contributed by atoms with Crippen molar-refractivity contribution in [2.24, 2.45) is 0 Å². The van der Waals surface area contributed by atoms with E-state index < -0.39 is 0 Å². The van der Waals surface area contributed by atoms with E-state index in [-0.39, 0.29) is 0 Å². The van der Waals surface area contributed by atoms with E-state index in [1.165, 1.54) is 5.56 Å². The summed E-state index contributed by atoms with van der Waals surface area (Å²) in [6, 6.07) is 10.1. The summed E-state index contributed by atoms with van der Waals surface area (Å²) in [5.41, 5.74) is 5.56. The van der Waals surface area contributed by atoms with Gasteiger partial charge in [-0.3, -0.25) is 4.98 Å². The molecule has 0 radical (unpaired) electrons. The van der Waals surface area contributed by atoms with Gasteiger partial charge in [0.25, 0.3) is 5.89 Å². The molecular weight excluding hydrogens is 362 g/mol. The molecule has 0 saturated heterocycles. The fraction of sp³-hybridized carbons (Fsp3) is 0.200. The van der Waals surface area contributed by atoms with Gasteiger partial charge in [-0.1, -0.05) is 41.4 Å². The molecule has 0 N–H and O–H groups in total. The fourth-order valence-corrected chi connectivity index (χ4v) is 3.23. The number of hydrogen-bond acceptors (Lipinski definition) is 5. The molecule has 0 spiro atoms. The summed E-state index contributed by atoms with van der Waals surface area (Å²) in [6.07, 6.45) is 3.46. The largest absolute Gasteiger partial charge is 0.416 e. The zero-order valence-electron chi connectivity index (χ0n) is 15.3. The van der Waals surface area contributed by atoms with Crippen LogP contribution in [0.5, 0.6) is 0 Å². The van der Waals surface area contributed by atoms with Crippen molar-refractivity contribution in [3.05, 3.63) is 70.3 Å². The number of halogens is 1. The van der Waals surface area contributed by atoms with Crippen LogP contribution in [-0.2, 0) is 6.54 Å². The molecule has 136 valence electrons. The maximum absolute atomic E-state index is 6.59. The highest BCUT2D eigenvalue weighted by Gasteiger charge is 2.21. The molecule has 3 heterocycles. The topological polar surface area (TPSA) is 69.6 Å². The molecule has 0 aliphatic rings. The number of pyridine rings is 1. The van der Waals surface area contributed by atoms with Gasteiger partial charge in [-0.15, -0.1) is 10.2 Å². The summed E-state index contributed by atoms with van der Waals surface area (Å²) in [7, 11) is 0. The highest BCUT2D eigenvalue weighted by molar-refractivity contribution is 6.32. The number of nitrogens with zero attached hydrogens (tertiary/aromatic N) is 5. The number of hydrogen-bond donors (Lipinski definition) is 0. The first kappa shape index (κ1) is 17.4. The molecule has 0 atom stereocenters. The lowest BCUT2D eigenvalue weighted by Gasteiger charge is -2.04. The second-order valence-electron chi connectivity index (χ2n) is 6.50. The predicted molar refractivity (Wildman–Crippen MR) is 104 cm³/mol. The first-order valence-electron chi connectivity index (χ1n) is 8.56. The second-order valence-corrected chi connectivity index (χ2v) is 6.86. The van der Waals surface area contributed by atoms with Crippen LogP contribution < -0.4 is 0 Å². The average molecular weight is 380 g/mol. The summed E-state index contributed by atoms with van der Waals surface area (Å²) < 4.78 is 7.64. The van der Waals surface area contributed by atoms with Crippen LogP contribution in [0, 0.1) is 20.8 Å². The zero-order chi connectivity index (χ0) is 19.0. The molecule has 6 nitrogen and oxygen atoms in total. The Morgan fingerprint density at radius 1 is 1.00 bits per heavy atom. The van der Waals surface area contributed by atoms with Crippen molar-refractivity contribution in [2.75, 3.05) is 0 Å². The van der Waals surface area contributed by atoms with Gasteiger partial charge in [0.05, 0.1) is 17.8 Å². The van der Waals surface area contributed by atoms with E-state index in [4.69, 9.17) is 16.0 Å². The molecule has 27 heavy (non-hydrogen) atoms. The average Bonchev–Trinajstić information content (AvgIpc) is 3.22. The van der Waals surface area contributed by atoms with E-state index in [0.29, 0.717) is 29.0 Å². The van der Waals surface area contributed by atoms with Crippen LogP contribution in [0.3, 0.4) is 0 Å². The van der Waals surface area contributed by atoms with Gasteiger partial charge >= 0.3 is 0 Å². The Bertz CT molecular complexity index is 1100. The van der Waals surface area contributed by atoms with Crippen molar-refractivity contribution in [2.45, 2.75) is 27.3 Å². The minimum absolute atomic E-state index is 0.360. The smallest absolute Gasteiger partial charge is 0.253 e. The first-order chi connectivity index (χ1) is 13.0. The molecule has 0 aliphatic carbocycles. The van der Waals surface area contributed by atoms with Crippen LogP contribution in [0.2, 0.25) is 5.15 Å². The lowest BCUT2D eigenvalue weighted by molar-refractivity contribution is 0.583. The van der Waals surface area contributed by atoms with Crippen LogP contribution in [-0.4, -0.2) is 25.0 Å². The molecule has 3 aromatic heterocycles. The van der Waals surface area contributed by atoms with Crippen molar-refractivity contribution in [1.29, 1.82) is 0 Å². The van der Waals surface area contributed by atoms with Gasteiger partial charge in [-0.05, 0) is 38.0 Å². The summed E-state index contributed by atoms with van der Waals surface area (Å²) >= 11 is 6.59. The molecular formula is C20H18ClN5O. The quantitative estimate of drug-likeness (QED) is 0.517. The molecule has 0 aliphatic heterocycles. The minimum atomic E-state index is 0.360. The molecule has 0 unspecified atom stereocenters. The van der Waals surface area contributed by atoms with Crippen molar-refractivity contribution >= 4 is 11.6 Å². The third-order valence-corrected chi connectivity index (χ3v) is 4.79. The summed E-state index contributed by atoms with van der Waals surface area (Å²) in [4.78, 5) is 4.09. The van der Waals surface area contributed by atoms with Gasteiger partial charge in [-0.2, -0.15) is 5.10 Å². The molecule has 0 bridgehead atoms. The minimum Gasteiger partial charge on any atom is -0.416 e. The standard InChI is InChI=1S/C20H18ClN5O/c1-12-4-6-15(7-5-12)11-26-18(21)17(14(3)25-26)20-24-23-19(27-20)16-8-9-22-10-13(16)2/h4-10H,11H2,1-3H3. The van der Waals surface area contributed by atoms with Crippen LogP contribution in [0.25, 0.3) is 22.9 Å². The van der Waals surface area contributed by atoms with Gasteiger partial charge in [-0.25, -0.2) is 4.68 Å². The third kappa shape index (κ3) is 3.36. The van der Waals surface area contributed by atoms with Crippen molar-refractivity contribution in [3.63, 3.8) is 0 Å². The van der Waals surface area contributed by atoms with Gasteiger partial charge in [0.1, 0.15) is 5.15 Å². The van der Waals surface area contributed by atoms with Gasteiger partial charge in [0.2, 0.25) is 5.89 Å². The molecule has 4 aromatic rings. The molecule has 0 amide bonds. The molecule has 0 fully saturated rings. The van der Waals surface area contributed by atoms with Crippen molar-refractivity contribution in [3.8, 4) is 22.9 Å². The Hall–Kier alpha value is -2.99. The van der Waals surface area contributed by atoms with Crippen molar-refractivity contribution in [1.82, 2.24) is 25.0 Å². The van der Waals surface area contributed by atoms with Crippen LogP contribution in [0.1, 0.15) is 22.4 Å². The van der Waals surface area contributed by atoms with Gasteiger partial charge < -0.3 is 4.42 Å². The van der Waals surface area contributed by atoms with Crippen LogP contribution in [0.4, 0.5) is 0 Å². The number of aryl methyl sites for hydroxylation is 3. The molecule has 4 rings (SSSR count). The van der Waals surface area contributed by atoms with E-state index in [9.17, 15) is 0 Å². The van der Waals surface area contributed by atoms with E-state index in [2.05, 4.69) is 51.5 Å². The van der Waals surface area contributed by atoms with E-state index in [0.717, 1.165) is 22.4 Å². The molecule has 7 heteroatoms. The predicted octanol–water partition coefficient (Wildman–Crippen LogP) is 4.62. The first-order valence-corrected chi connectivity index (χ1v) is 8.94. The van der Waals surface area contributed by atoms with Crippen LogP contribution in [0.15, 0.2) is 47.1 Å². The second kappa shape index (κ2) is 6.96. The Labute approximate surface area is 161 Å². The highest BCUT2D eigenvalue weighted by atomic mass is 35.5. The van der Waals surface area contributed by atoms with Crippen molar-refractivity contribution < 1.29 is 4.42 Å². The van der Waals surface area contributed by atoms with Crippen LogP contribution >= 0.6 is 11.6 Å². The Kier molecular flexibility index (Phi) is 4.49. The summed E-state index contributed by atoms with van der Waals surface area (Å²) in [6.45, 7) is 6.47. The molecule has 1 aromatic carbocycles. The van der Waals surface area contributed by atoms with Gasteiger partial charge in [0, 0.05) is 18.0 Å². The number of benzene rings is 1. The molecule has 0 saturated carbocycles. The van der Waals surface area contributed by atoms with E-state index in [1.54, 1.807) is 17.1 Å². The number of aromatic nitrogens is 5. The third-order valence-electron chi connectivity index (χ3n) is 4.41. The SMILES string of the molecule is Cc1ccc(Cn2nc(C)c(-c3nnc(-c4ccncc4C)o3)c2Cl)cc1. The Morgan fingerprint density at radius 2 is 1.74 bits per heavy atom. The number of rotatable bonds is 4. The van der Waals surface area contributed by atoms with E-state index >= 15 is 0 Å². The Morgan fingerprint density at radius 3 is 2.48 bits per heavy atom. The summed E-state index contributed by atoms with van der Waals surface area (Å²) in [5, 5.41) is 13.4. The maximum Gasteiger partial charge on any atom is 0.253 e. The summed E-state index contributed by atoms with van der Waals surface area (Å²) in [5.74, 6) is 0.797. The van der Waals surface area contributed by atoms with E-state index in [1.807, 2.05) is 19.9 Å². The Balaban J connectivity index is 1.68. The highest BCUT2D eigenvalue weighted by Crippen LogP contribution is 2.33. The zero-order valence-corrected chi connectivity index (χ0v) is 16.0.